The molecule has 23 heavy (non-hydrogen) atoms. The van der Waals surface area contributed by atoms with E-state index in [9.17, 15) is 18.0 Å². The highest BCUT2D eigenvalue weighted by molar-refractivity contribution is 5.68. The van der Waals surface area contributed by atoms with Crippen LogP contribution in [0.4, 0.5) is 18.0 Å². The van der Waals surface area contributed by atoms with Crippen LogP contribution in [0.3, 0.4) is 0 Å². The zero-order valence-corrected chi connectivity index (χ0v) is 13.5. The molecule has 1 N–H and O–H groups in total. The normalized spacial score (nSPS) is 18.3. The van der Waals surface area contributed by atoms with Crippen LogP contribution in [-0.4, -0.2) is 35.7 Å². The molecule has 0 spiro atoms. The third-order valence-corrected chi connectivity index (χ3v) is 3.51. The summed E-state index contributed by atoms with van der Waals surface area (Å²) in [6, 6.07) is 1.33. The highest BCUT2D eigenvalue weighted by atomic mass is 19.2. The van der Waals surface area contributed by atoms with Gasteiger partial charge < -0.3 is 15.0 Å². The Balaban J connectivity index is 1.87. The number of nitrogens with zero attached hydrogens (tertiary/aromatic N) is 1. The Bertz CT molecular complexity index is 587. The van der Waals surface area contributed by atoms with Crippen molar-refractivity contribution in [2.75, 3.05) is 13.1 Å². The molecule has 1 aromatic rings. The number of nitrogens with one attached hydrogen (secondary N) is 1. The molecular weight excluding hydrogens is 309 g/mol. The Hall–Kier alpha value is -1.76. The minimum atomic E-state index is -1.21. The third kappa shape index (κ3) is 4.86. The van der Waals surface area contributed by atoms with Gasteiger partial charge in [-0.2, -0.15) is 0 Å². The number of rotatable bonds is 3. The van der Waals surface area contributed by atoms with Gasteiger partial charge >= 0.3 is 6.09 Å². The lowest BCUT2D eigenvalue weighted by Crippen LogP contribution is -2.38. The molecular formula is C16H21F3N2O2. The Morgan fingerprint density at radius 1 is 1.26 bits per heavy atom. The second-order valence-corrected chi connectivity index (χ2v) is 6.65. The van der Waals surface area contributed by atoms with E-state index >= 15 is 0 Å². The maximum Gasteiger partial charge on any atom is 0.410 e. The Kier molecular flexibility index (Phi) is 5.19. The first-order valence-corrected chi connectivity index (χ1v) is 7.50. The fourth-order valence-corrected chi connectivity index (χ4v) is 2.37. The first-order chi connectivity index (χ1) is 10.7. The van der Waals surface area contributed by atoms with Gasteiger partial charge in [-0.1, -0.05) is 0 Å². The van der Waals surface area contributed by atoms with E-state index in [-0.39, 0.29) is 24.2 Å². The SMILES string of the molecule is CC(C)(C)OC(=O)N1CCC(NCc2cc(F)c(F)cc2F)C1. The van der Waals surface area contributed by atoms with Gasteiger partial charge in [-0.05, 0) is 33.3 Å². The van der Waals surface area contributed by atoms with Crippen LogP contribution in [0, 0.1) is 17.5 Å². The predicted molar refractivity (Wildman–Crippen MR) is 79.4 cm³/mol. The summed E-state index contributed by atoms with van der Waals surface area (Å²) < 4.78 is 44.9. The van der Waals surface area contributed by atoms with Gasteiger partial charge in [0.05, 0.1) is 0 Å². The van der Waals surface area contributed by atoms with E-state index in [1.165, 1.54) is 0 Å². The second-order valence-electron chi connectivity index (χ2n) is 6.65. The number of ether oxygens (including phenoxy) is 1. The molecule has 0 aliphatic carbocycles. The van der Waals surface area contributed by atoms with Crippen LogP contribution in [0.5, 0.6) is 0 Å². The molecule has 1 heterocycles. The quantitative estimate of drug-likeness (QED) is 0.866. The Morgan fingerprint density at radius 2 is 1.91 bits per heavy atom. The molecule has 2 rings (SSSR count). The molecule has 0 radical (unpaired) electrons. The molecule has 4 nitrogen and oxygen atoms in total. The lowest BCUT2D eigenvalue weighted by atomic mass is 10.1. The number of carbonyl (C=O) groups is 1. The fourth-order valence-electron chi connectivity index (χ4n) is 2.37. The highest BCUT2D eigenvalue weighted by Gasteiger charge is 2.29. The van der Waals surface area contributed by atoms with E-state index in [2.05, 4.69) is 5.32 Å². The van der Waals surface area contributed by atoms with Crippen LogP contribution in [0.15, 0.2) is 12.1 Å². The molecule has 1 aromatic carbocycles. The maximum atomic E-state index is 13.6. The smallest absolute Gasteiger partial charge is 0.410 e. The summed E-state index contributed by atoms with van der Waals surface area (Å²) in [7, 11) is 0. The molecule has 128 valence electrons. The number of likely N-dealkylation sites (tertiary alicyclic amines) is 1. The zero-order chi connectivity index (χ0) is 17.2. The molecule has 1 aliphatic rings. The van der Waals surface area contributed by atoms with Gasteiger partial charge in [0.25, 0.3) is 0 Å². The molecule has 0 bridgehead atoms. The van der Waals surface area contributed by atoms with Crippen LogP contribution < -0.4 is 5.32 Å². The standard InChI is InChI=1S/C16H21F3N2O2/c1-16(2,3)23-15(22)21-5-4-11(9-21)20-8-10-6-13(18)14(19)7-12(10)17/h6-7,11,20H,4-5,8-9H2,1-3H3. The molecule has 7 heteroatoms. The maximum absolute atomic E-state index is 13.6. The largest absolute Gasteiger partial charge is 0.444 e. The van der Waals surface area contributed by atoms with Crippen molar-refractivity contribution in [1.82, 2.24) is 10.2 Å². The summed E-state index contributed by atoms with van der Waals surface area (Å²) in [6.07, 6.45) is 0.297. The van der Waals surface area contributed by atoms with E-state index in [4.69, 9.17) is 4.74 Å². The molecule has 0 saturated carbocycles. The van der Waals surface area contributed by atoms with Gasteiger partial charge in [-0.25, -0.2) is 18.0 Å². The summed E-state index contributed by atoms with van der Waals surface area (Å²) in [5, 5.41) is 3.05. The minimum Gasteiger partial charge on any atom is -0.444 e. The minimum absolute atomic E-state index is 0.0463. The fraction of sp³-hybridized carbons (Fsp3) is 0.562. The first kappa shape index (κ1) is 17.6. The number of hydrogen-bond acceptors (Lipinski definition) is 3. The van der Waals surface area contributed by atoms with Crippen molar-refractivity contribution in [3.05, 3.63) is 35.1 Å². The summed E-state index contributed by atoms with van der Waals surface area (Å²) in [5.74, 6) is -3.08. The van der Waals surface area contributed by atoms with Crippen LogP contribution in [0.1, 0.15) is 32.8 Å². The van der Waals surface area contributed by atoms with E-state index < -0.39 is 23.1 Å². The summed E-state index contributed by atoms with van der Waals surface area (Å²) >= 11 is 0. The molecule has 1 amide bonds. The third-order valence-electron chi connectivity index (χ3n) is 3.51. The first-order valence-electron chi connectivity index (χ1n) is 7.50. The summed E-state index contributed by atoms with van der Waals surface area (Å²) in [4.78, 5) is 13.5. The Labute approximate surface area is 133 Å². The zero-order valence-electron chi connectivity index (χ0n) is 13.5. The van der Waals surface area contributed by atoms with Gasteiger partial charge in [0.1, 0.15) is 11.4 Å². The average Bonchev–Trinajstić information content (AvgIpc) is 2.88. The highest BCUT2D eigenvalue weighted by Crippen LogP contribution is 2.17. The second kappa shape index (κ2) is 6.78. The summed E-state index contributed by atoms with van der Waals surface area (Å²) in [6.45, 7) is 6.41. The molecule has 1 saturated heterocycles. The van der Waals surface area contributed by atoms with Gasteiger partial charge in [-0.15, -0.1) is 0 Å². The van der Waals surface area contributed by atoms with Crippen molar-refractivity contribution in [1.29, 1.82) is 0 Å². The predicted octanol–water partition coefficient (Wildman–Crippen LogP) is 3.20. The van der Waals surface area contributed by atoms with Gasteiger partial charge in [0.15, 0.2) is 11.6 Å². The van der Waals surface area contributed by atoms with E-state index in [1.54, 1.807) is 25.7 Å². The van der Waals surface area contributed by atoms with Crippen molar-refractivity contribution < 1.29 is 22.7 Å². The monoisotopic (exact) mass is 330 g/mol. The van der Waals surface area contributed by atoms with Crippen molar-refractivity contribution in [2.45, 2.75) is 45.4 Å². The van der Waals surface area contributed by atoms with E-state index in [0.29, 0.717) is 25.6 Å². The van der Waals surface area contributed by atoms with Crippen LogP contribution in [-0.2, 0) is 11.3 Å². The van der Waals surface area contributed by atoms with E-state index in [0.717, 1.165) is 6.07 Å². The van der Waals surface area contributed by atoms with Crippen molar-refractivity contribution in [3.63, 3.8) is 0 Å². The lowest BCUT2D eigenvalue weighted by molar-refractivity contribution is 0.0291. The number of benzene rings is 1. The molecule has 1 unspecified atom stereocenters. The van der Waals surface area contributed by atoms with Gasteiger partial charge in [0, 0.05) is 37.3 Å². The van der Waals surface area contributed by atoms with Crippen molar-refractivity contribution in [2.24, 2.45) is 0 Å². The number of hydrogen-bond donors (Lipinski definition) is 1. The number of carbonyl (C=O) groups excluding carboxylic acids is 1. The number of amides is 1. The molecule has 0 aromatic heterocycles. The van der Waals surface area contributed by atoms with Crippen molar-refractivity contribution in [3.8, 4) is 0 Å². The number of halogens is 3. The van der Waals surface area contributed by atoms with Gasteiger partial charge in [0.2, 0.25) is 0 Å². The molecule has 1 fully saturated rings. The van der Waals surface area contributed by atoms with Gasteiger partial charge in [-0.3, -0.25) is 0 Å². The molecule has 1 aliphatic heterocycles. The van der Waals surface area contributed by atoms with Crippen LogP contribution in [0.25, 0.3) is 0 Å². The van der Waals surface area contributed by atoms with E-state index in [1.807, 2.05) is 0 Å². The Morgan fingerprint density at radius 3 is 2.57 bits per heavy atom. The van der Waals surface area contributed by atoms with Crippen LogP contribution >= 0.6 is 0 Å². The topological polar surface area (TPSA) is 41.6 Å². The van der Waals surface area contributed by atoms with Crippen LogP contribution in [0.2, 0.25) is 0 Å². The molecule has 1 atom stereocenters. The average molecular weight is 330 g/mol. The summed E-state index contributed by atoms with van der Waals surface area (Å²) in [5.41, 5.74) is -0.503. The van der Waals surface area contributed by atoms with Crippen molar-refractivity contribution >= 4 is 6.09 Å². The lowest BCUT2D eigenvalue weighted by Gasteiger charge is -2.24.